The van der Waals surface area contributed by atoms with Crippen LogP contribution in [-0.2, 0) is 0 Å². The SMILES string of the molecule is Nc1ccc(F)cc1-c1cccnc1. The van der Waals surface area contributed by atoms with Gasteiger partial charge in [0, 0.05) is 29.2 Å². The molecule has 0 amide bonds. The second-order valence-corrected chi connectivity index (χ2v) is 2.97. The number of rotatable bonds is 1. The number of pyridine rings is 1. The van der Waals surface area contributed by atoms with Crippen LogP contribution in [0.3, 0.4) is 0 Å². The molecular formula is C11H9FN2. The topological polar surface area (TPSA) is 38.9 Å². The third kappa shape index (κ3) is 1.57. The van der Waals surface area contributed by atoms with Crippen molar-refractivity contribution in [1.82, 2.24) is 4.98 Å². The van der Waals surface area contributed by atoms with Gasteiger partial charge < -0.3 is 5.73 Å². The Hall–Kier alpha value is -1.90. The van der Waals surface area contributed by atoms with Gasteiger partial charge in [0.05, 0.1) is 0 Å². The average molecular weight is 188 g/mol. The Morgan fingerprint density at radius 2 is 2.07 bits per heavy atom. The highest BCUT2D eigenvalue weighted by molar-refractivity contribution is 5.75. The van der Waals surface area contributed by atoms with Gasteiger partial charge in [-0.2, -0.15) is 0 Å². The smallest absolute Gasteiger partial charge is 0.123 e. The van der Waals surface area contributed by atoms with Gasteiger partial charge in [0.15, 0.2) is 0 Å². The summed E-state index contributed by atoms with van der Waals surface area (Å²) in [5.41, 5.74) is 7.78. The summed E-state index contributed by atoms with van der Waals surface area (Å²) in [6.07, 6.45) is 3.32. The molecule has 0 saturated heterocycles. The summed E-state index contributed by atoms with van der Waals surface area (Å²) >= 11 is 0. The first-order valence-electron chi connectivity index (χ1n) is 4.23. The van der Waals surface area contributed by atoms with Crippen molar-refractivity contribution in [2.75, 3.05) is 5.73 Å². The van der Waals surface area contributed by atoms with E-state index in [4.69, 9.17) is 5.73 Å². The van der Waals surface area contributed by atoms with Crippen LogP contribution in [0, 0.1) is 5.82 Å². The lowest BCUT2D eigenvalue weighted by Crippen LogP contribution is -1.91. The standard InChI is InChI=1S/C11H9FN2/c12-9-3-4-11(13)10(6-9)8-2-1-5-14-7-8/h1-7H,13H2. The summed E-state index contributed by atoms with van der Waals surface area (Å²) in [7, 11) is 0. The molecule has 3 heteroatoms. The van der Waals surface area contributed by atoms with E-state index in [0.717, 1.165) is 5.56 Å². The van der Waals surface area contributed by atoms with Gasteiger partial charge in [0.25, 0.3) is 0 Å². The normalized spacial score (nSPS) is 10.1. The van der Waals surface area contributed by atoms with Gasteiger partial charge in [-0.3, -0.25) is 4.98 Å². The van der Waals surface area contributed by atoms with E-state index >= 15 is 0 Å². The summed E-state index contributed by atoms with van der Waals surface area (Å²) in [6, 6.07) is 7.94. The second-order valence-electron chi connectivity index (χ2n) is 2.97. The van der Waals surface area contributed by atoms with E-state index in [0.29, 0.717) is 11.3 Å². The first-order valence-corrected chi connectivity index (χ1v) is 4.23. The molecule has 0 bridgehead atoms. The summed E-state index contributed by atoms with van der Waals surface area (Å²) in [6.45, 7) is 0. The zero-order valence-corrected chi connectivity index (χ0v) is 7.44. The molecule has 0 atom stereocenters. The zero-order chi connectivity index (χ0) is 9.97. The van der Waals surface area contributed by atoms with E-state index in [2.05, 4.69) is 4.98 Å². The highest BCUT2D eigenvalue weighted by atomic mass is 19.1. The van der Waals surface area contributed by atoms with E-state index in [1.165, 1.54) is 12.1 Å². The Labute approximate surface area is 81.2 Å². The number of hydrogen-bond acceptors (Lipinski definition) is 2. The summed E-state index contributed by atoms with van der Waals surface area (Å²) in [4.78, 5) is 3.95. The van der Waals surface area contributed by atoms with Crippen LogP contribution in [0.15, 0.2) is 42.7 Å². The molecule has 0 fully saturated rings. The van der Waals surface area contributed by atoms with Crippen LogP contribution in [0.25, 0.3) is 11.1 Å². The van der Waals surface area contributed by atoms with Crippen molar-refractivity contribution in [2.24, 2.45) is 0 Å². The van der Waals surface area contributed by atoms with Crippen LogP contribution >= 0.6 is 0 Å². The minimum absolute atomic E-state index is 0.293. The van der Waals surface area contributed by atoms with Crippen molar-refractivity contribution in [3.05, 3.63) is 48.5 Å². The number of hydrogen-bond donors (Lipinski definition) is 1. The molecule has 0 aliphatic heterocycles. The van der Waals surface area contributed by atoms with Crippen molar-refractivity contribution >= 4 is 5.69 Å². The lowest BCUT2D eigenvalue weighted by atomic mass is 10.1. The molecule has 0 unspecified atom stereocenters. The highest BCUT2D eigenvalue weighted by Gasteiger charge is 2.03. The van der Waals surface area contributed by atoms with Crippen LogP contribution in [0.2, 0.25) is 0 Å². The summed E-state index contributed by atoms with van der Waals surface area (Å²) in [5.74, 6) is -0.293. The minimum atomic E-state index is -0.293. The maximum Gasteiger partial charge on any atom is 0.123 e. The molecule has 2 aromatic rings. The number of benzene rings is 1. The molecule has 2 nitrogen and oxygen atoms in total. The van der Waals surface area contributed by atoms with Crippen LogP contribution in [0.4, 0.5) is 10.1 Å². The number of nitrogens with zero attached hydrogens (tertiary/aromatic N) is 1. The van der Waals surface area contributed by atoms with Crippen LogP contribution < -0.4 is 5.73 Å². The summed E-state index contributed by atoms with van der Waals surface area (Å²) in [5, 5.41) is 0. The van der Waals surface area contributed by atoms with E-state index in [1.54, 1.807) is 24.5 Å². The van der Waals surface area contributed by atoms with E-state index in [9.17, 15) is 4.39 Å². The third-order valence-corrected chi connectivity index (χ3v) is 1.99. The molecule has 1 aromatic carbocycles. The molecule has 70 valence electrons. The summed E-state index contributed by atoms with van der Waals surface area (Å²) < 4.78 is 13.0. The van der Waals surface area contributed by atoms with E-state index in [-0.39, 0.29) is 5.82 Å². The van der Waals surface area contributed by atoms with Crippen molar-refractivity contribution in [3.63, 3.8) is 0 Å². The van der Waals surface area contributed by atoms with Gasteiger partial charge >= 0.3 is 0 Å². The molecule has 0 radical (unpaired) electrons. The minimum Gasteiger partial charge on any atom is -0.398 e. The number of halogens is 1. The average Bonchev–Trinajstić information content (AvgIpc) is 2.23. The molecule has 14 heavy (non-hydrogen) atoms. The Morgan fingerprint density at radius 3 is 2.79 bits per heavy atom. The van der Waals surface area contributed by atoms with Gasteiger partial charge in [0.2, 0.25) is 0 Å². The molecule has 0 aliphatic rings. The monoisotopic (exact) mass is 188 g/mol. The van der Waals surface area contributed by atoms with Gasteiger partial charge in [-0.15, -0.1) is 0 Å². The quantitative estimate of drug-likeness (QED) is 0.698. The fraction of sp³-hybridized carbons (Fsp3) is 0. The fourth-order valence-corrected chi connectivity index (χ4v) is 1.30. The number of anilines is 1. The van der Waals surface area contributed by atoms with Gasteiger partial charge in [-0.25, -0.2) is 4.39 Å². The van der Waals surface area contributed by atoms with E-state index in [1.807, 2.05) is 6.07 Å². The second kappa shape index (κ2) is 3.46. The molecular weight excluding hydrogens is 179 g/mol. The number of nitrogen functional groups attached to an aromatic ring is 1. The van der Waals surface area contributed by atoms with Crippen molar-refractivity contribution in [1.29, 1.82) is 0 Å². The zero-order valence-electron chi connectivity index (χ0n) is 7.44. The first kappa shape index (κ1) is 8.69. The number of nitrogens with two attached hydrogens (primary N) is 1. The Morgan fingerprint density at radius 1 is 1.21 bits per heavy atom. The molecule has 1 heterocycles. The van der Waals surface area contributed by atoms with Crippen LogP contribution in [0.5, 0.6) is 0 Å². The first-order chi connectivity index (χ1) is 6.77. The van der Waals surface area contributed by atoms with Crippen molar-refractivity contribution < 1.29 is 4.39 Å². The molecule has 2 rings (SSSR count). The lowest BCUT2D eigenvalue weighted by Gasteiger charge is -2.04. The molecule has 0 spiro atoms. The molecule has 0 saturated carbocycles. The maximum atomic E-state index is 13.0. The van der Waals surface area contributed by atoms with Crippen molar-refractivity contribution in [3.8, 4) is 11.1 Å². The molecule has 0 aliphatic carbocycles. The predicted molar refractivity (Wildman–Crippen MR) is 54.0 cm³/mol. The molecule has 1 aromatic heterocycles. The lowest BCUT2D eigenvalue weighted by molar-refractivity contribution is 0.628. The van der Waals surface area contributed by atoms with Crippen LogP contribution in [-0.4, -0.2) is 4.98 Å². The fourth-order valence-electron chi connectivity index (χ4n) is 1.30. The Balaban J connectivity index is 2.57. The van der Waals surface area contributed by atoms with Crippen LogP contribution in [0.1, 0.15) is 0 Å². The number of aromatic nitrogens is 1. The predicted octanol–water partition coefficient (Wildman–Crippen LogP) is 2.47. The maximum absolute atomic E-state index is 13.0. The van der Waals surface area contributed by atoms with Gasteiger partial charge in [0.1, 0.15) is 5.82 Å². The Bertz CT molecular complexity index is 440. The largest absolute Gasteiger partial charge is 0.398 e. The van der Waals surface area contributed by atoms with Gasteiger partial charge in [-0.05, 0) is 24.3 Å². The molecule has 2 N–H and O–H groups in total. The Kier molecular flexibility index (Phi) is 2.14. The highest BCUT2D eigenvalue weighted by Crippen LogP contribution is 2.25. The van der Waals surface area contributed by atoms with Gasteiger partial charge in [-0.1, -0.05) is 6.07 Å². The van der Waals surface area contributed by atoms with E-state index < -0.39 is 0 Å². The van der Waals surface area contributed by atoms with Crippen molar-refractivity contribution in [2.45, 2.75) is 0 Å². The third-order valence-electron chi connectivity index (χ3n) is 1.99.